The zero-order valence-corrected chi connectivity index (χ0v) is 16.2. The maximum Gasteiger partial charge on any atom is 0.191 e. The molecule has 0 spiro atoms. The normalized spacial score (nSPS) is 13.3. The lowest BCUT2D eigenvalue weighted by atomic mass is 10.1. The smallest absolute Gasteiger partial charge is 0.191 e. The molecule has 8 nitrogen and oxygen atoms in total. The Morgan fingerprint density at radius 3 is 2.67 bits per heavy atom. The van der Waals surface area contributed by atoms with Gasteiger partial charge in [0, 0.05) is 36.7 Å². The van der Waals surface area contributed by atoms with Crippen LogP contribution in [0.15, 0.2) is 61.1 Å². The Bertz CT molecular complexity index is 1110. The third kappa shape index (κ3) is 4.13. The number of benzene rings is 1. The number of pyridine rings is 2. The number of anilines is 1. The van der Waals surface area contributed by atoms with Crippen LogP contribution in [0.1, 0.15) is 11.6 Å². The largest absolute Gasteiger partial charge is 0.383 e. The summed E-state index contributed by atoms with van der Waals surface area (Å²) in [6.45, 7) is 0.327. The maximum absolute atomic E-state index is 15.0. The molecule has 4 aromatic rings. The molecule has 4 rings (SSSR count). The molecule has 0 amide bonds. The van der Waals surface area contributed by atoms with Crippen molar-refractivity contribution >= 4 is 16.7 Å². The van der Waals surface area contributed by atoms with Gasteiger partial charge in [-0.3, -0.25) is 15.4 Å². The number of aliphatic hydroxyl groups is 1. The van der Waals surface area contributed by atoms with Crippen LogP contribution >= 0.6 is 0 Å². The number of fused-ring (bicyclic) bond motifs is 1. The highest BCUT2D eigenvalue weighted by Gasteiger charge is 2.19. The average Bonchev–Trinajstić information content (AvgIpc) is 3.21. The van der Waals surface area contributed by atoms with Crippen molar-refractivity contribution in [3.05, 3.63) is 72.4 Å². The average molecular weight is 408 g/mol. The van der Waals surface area contributed by atoms with E-state index in [9.17, 15) is 9.50 Å². The molecule has 2 unspecified atom stereocenters. The summed E-state index contributed by atoms with van der Waals surface area (Å²) in [5.74, 6) is -0.735. The van der Waals surface area contributed by atoms with Gasteiger partial charge < -0.3 is 15.2 Å². The molecule has 0 saturated carbocycles. The number of hydrogen-bond donors (Lipinski definition) is 4. The minimum absolute atomic E-state index is 0.100. The van der Waals surface area contributed by atoms with Gasteiger partial charge in [0.15, 0.2) is 18.0 Å². The fourth-order valence-electron chi connectivity index (χ4n) is 3.23. The Morgan fingerprint density at radius 1 is 1.17 bits per heavy atom. The monoisotopic (exact) mass is 408 g/mol. The summed E-state index contributed by atoms with van der Waals surface area (Å²) < 4.78 is 20.2. The van der Waals surface area contributed by atoms with E-state index in [1.807, 2.05) is 30.3 Å². The Morgan fingerprint density at radius 2 is 1.93 bits per heavy atom. The summed E-state index contributed by atoms with van der Waals surface area (Å²) in [7, 11) is 1.57. The van der Waals surface area contributed by atoms with Crippen LogP contribution in [0.4, 0.5) is 10.2 Å². The lowest BCUT2D eigenvalue weighted by Gasteiger charge is -2.23. The first kappa shape index (κ1) is 19.9. The van der Waals surface area contributed by atoms with Crippen molar-refractivity contribution in [2.75, 3.05) is 19.0 Å². The van der Waals surface area contributed by atoms with E-state index in [4.69, 9.17) is 4.74 Å². The minimum Gasteiger partial charge on any atom is -0.383 e. The molecule has 0 bridgehead atoms. The molecule has 0 radical (unpaired) electrons. The standard InChI is InChI=1S/C21H21FN6O2/c1-30-12-16(13-5-3-2-4-6-13)25-21(29)26-20-17(22)19-15(11-24-20)18(27-28-19)14-7-9-23-10-8-14/h2-11,16,21,25,29H,12H2,1H3,(H,24,26)(H,27,28). The van der Waals surface area contributed by atoms with Crippen LogP contribution < -0.4 is 10.6 Å². The second kappa shape index (κ2) is 8.95. The number of nitrogens with one attached hydrogen (secondary N) is 3. The van der Waals surface area contributed by atoms with E-state index >= 15 is 0 Å². The first-order valence-corrected chi connectivity index (χ1v) is 9.35. The lowest BCUT2D eigenvalue weighted by molar-refractivity contribution is 0.106. The summed E-state index contributed by atoms with van der Waals surface area (Å²) in [4.78, 5) is 8.11. The number of hydrogen-bond acceptors (Lipinski definition) is 7. The second-order valence-electron chi connectivity index (χ2n) is 6.65. The highest BCUT2D eigenvalue weighted by molar-refractivity contribution is 5.93. The highest BCUT2D eigenvalue weighted by atomic mass is 19.1. The summed E-state index contributed by atoms with van der Waals surface area (Å²) >= 11 is 0. The van der Waals surface area contributed by atoms with Crippen molar-refractivity contribution in [1.29, 1.82) is 0 Å². The van der Waals surface area contributed by atoms with Crippen molar-refractivity contribution in [3.63, 3.8) is 0 Å². The fourth-order valence-corrected chi connectivity index (χ4v) is 3.23. The predicted molar refractivity (Wildman–Crippen MR) is 111 cm³/mol. The second-order valence-corrected chi connectivity index (χ2v) is 6.65. The summed E-state index contributed by atoms with van der Waals surface area (Å²) in [6.07, 6.45) is 3.53. The van der Waals surface area contributed by atoms with Crippen LogP contribution in [-0.2, 0) is 4.74 Å². The van der Waals surface area contributed by atoms with E-state index in [2.05, 4.69) is 30.8 Å². The van der Waals surface area contributed by atoms with E-state index in [1.54, 1.807) is 31.6 Å². The molecule has 0 aliphatic carbocycles. The zero-order chi connectivity index (χ0) is 20.9. The third-order valence-corrected chi connectivity index (χ3v) is 4.68. The van der Waals surface area contributed by atoms with E-state index in [1.165, 1.54) is 6.20 Å². The number of rotatable bonds is 8. The SMILES string of the molecule is COCC(NC(O)Nc1ncc2c(-c3ccncc3)n[nH]c2c1F)c1ccccc1. The van der Waals surface area contributed by atoms with Gasteiger partial charge >= 0.3 is 0 Å². The van der Waals surface area contributed by atoms with Crippen molar-refractivity contribution in [2.24, 2.45) is 0 Å². The topological polar surface area (TPSA) is 108 Å². The summed E-state index contributed by atoms with van der Waals surface area (Å²) in [5, 5.41) is 23.5. The van der Waals surface area contributed by atoms with E-state index < -0.39 is 12.2 Å². The molecule has 1 aromatic carbocycles. The number of aromatic amines is 1. The molecule has 3 aromatic heterocycles. The molecular weight excluding hydrogens is 387 g/mol. The maximum atomic E-state index is 15.0. The zero-order valence-electron chi connectivity index (χ0n) is 16.2. The molecule has 0 aliphatic rings. The van der Waals surface area contributed by atoms with Crippen LogP contribution in [0.5, 0.6) is 0 Å². The van der Waals surface area contributed by atoms with Gasteiger partial charge in [0.25, 0.3) is 0 Å². The van der Waals surface area contributed by atoms with Crippen LogP contribution in [0, 0.1) is 5.82 Å². The molecule has 3 heterocycles. The molecular formula is C21H21FN6O2. The molecule has 0 aliphatic heterocycles. The minimum atomic E-state index is -1.26. The van der Waals surface area contributed by atoms with Crippen molar-refractivity contribution < 1.29 is 14.2 Å². The van der Waals surface area contributed by atoms with Crippen LogP contribution in [0.25, 0.3) is 22.2 Å². The predicted octanol–water partition coefficient (Wildman–Crippen LogP) is 2.82. The van der Waals surface area contributed by atoms with Gasteiger partial charge in [-0.25, -0.2) is 9.37 Å². The Balaban J connectivity index is 1.54. The number of H-pyrrole nitrogens is 1. The molecule has 4 N–H and O–H groups in total. The number of methoxy groups -OCH3 is 1. The van der Waals surface area contributed by atoms with Crippen LogP contribution in [-0.4, -0.2) is 45.3 Å². The number of aromatic nitrogens is 4. The Kier molecular flexibility index (Phi) is 5.94. The van der Waals surface area contributed by atoms with E-state index in [-0.39, 0.29) is 17.4 Å². The first-order valence-electron chi connectivity index (χ1n) is 9.35. The van der Waals surface area contributed by atoms with Gasteiger partial charge in [0.2, 0.25) is 0 Å². The summed E-state index contributed by atoms with van der Waals surface area (Å²) in [5.41, 5.74) is 2.50. The van der Waals surface area contributed by atoms with Crippen molar-refractivity contribution in [1.82, 2.24) is 25.5 Å². The van der Waals surface area contributed by atoms with E-state index in [0.717, 1.165) is 11.1 Å². The van der Waals surface area contributed by atoms with Crippen LogP contribution in [0.2, 0.25) is 0 Å². The van der Waals surface area contributed by atoms with Crippen molar-refractivity contribution in [3.8, 4) is 11.3 Å². The number of nitrogens with zero attached hydrogens (tertiary/aromatic N) is 3. The Hall–Kier alpha value is -3.40. The quantitative estimate of drug-likeness (QED) is 0.332. The molecule has 30 heavy (non-hydrogen) atoms. The third-order valence-electron chi connectivity index (χ3n) is 4.68. The number of aliphatic hydroxyl groups excluding tert-OH is 1. The number of halogens is 1. The van der Waals surface area contributed by atoms with Gasteiger partial charge in [0.1, 0.15) is 11.2 Å². The van der Waals surface area contributed by atoms with Gasteiger partial charge in [-0.1, -0.05) is 30.3 Å². The van der Waals surface area contributed by atoms with Crippen LogP contribution in [0.3, 0.4) is 0 Å². The van der Waals surface area contributed by atoms with E-state index in [0.29, 0.717) is 17.7 Å². The van der Waals surface area contributed by atoms with Crippen molar-refractivity contribution in [2.45, 2.75) is 12.4 Å². The highest BCUT2D eigenvalue weighted by Crippen LogP contribution is 2.29. The molecule has 0 fully saturated rings. The Labute approximate surface area is 172 Å². The molecule has 0 saturated heterocycles. The molecule has 2 atom stereocenters. The van der Waals surface area contributed by atoms with Gasteiger partial charge in [0.05, 0.1) is 12.6 Å². The first-order chi connectivity index (χ1) is 14.7. The lowest BCUT2D eigenvalue weighted by Crippen LogP contribution is -2.40. The summed E-state index contributed by atoms with van der Waals surface area (Å²) in [6, 6.07) is 12.8. The number of ether oxygens (including phenoxy) is 1. The molecule has 154 valence electrons. The fraction of sp³-hybridized carbons (Fsp3) is 0.190. The molecule has 9 heteroatoms. The van der Waals surface area contributed by atoms with Gasteiger partial charge in [-0.15, -0.1) is 0 Å². The van der Waals surface area contributed by atoms with Gasteiger partial charge in [-0.2, -0.15) is 5.10 Å². The van der Waals surface area contributed by atoms with Gasteiger partial charge in [-0.05, 0) is 17.7 Å².